The second-order valence-corrected chi connectivity index (χ2v) is 16.5. The van der Waals surface area contributed by atoms with Gasteiger partial charge in [0, 0.05) is 92.8 Å². The van der Waals surface area contributed by atoms with Gasteiger partial charge >= 0.3 is 5.97 Å². The first kappa shape index (κ1) is 37.4. The molecule has 4 heterocycles. The molecule has 2 amide bonds. The van der Waals surface area contributed by atoms with E-state index in [0.717, 1.165) is 80.6 Å². The summed E-state index contributed by atoms with van der Waals surface area (Å²) in [5, 5.41) is 20.0. The Labute approximate surface area is 330 Å². The van der Waals surface area contributed by atoms with E-state index < -0.39 is 11.4 Å². The van der Waals surface area contributed by atoms with Gasteiger partial charge in [-0.1, -0.05) is 47.5 Å². The van der Waals surface area contributed by atoms with Crippen molar-refractivity contribution in [2.75, 3.05) is 32.1 Å². The first-order valence-electron chi connectivity index (χ1n) is 18.9. The maximum absolute atomic E-state index is 13.8. The Kier molecular flexibility index (Phi) is 10.1. The van der Waals surface area contributed by atoms with Crippen molar-refractivity contribution in [2.24, 2.45) is 17.9 Å². The number of methoxy groups -OCH3 is 1. The molecule has 2 aliphatic carbocycles. The summed E-state index contributed by atoms with van der Waals surface area (Å²) in [6.45, 7) is 3.58. The molecule has 12 nitrogen and oxygen atoms in total. The van der Waals surface area contributed by atoms with E-state index in [1.807, 2.05) is 41.9 Å². The largest absolute Gasteiger partial charge is 0.496 e. The third-order valence-corrected chi connectivity index (χ3v) is 13.1. The quantitative estimate of drug-likeness (QED) is 0.127. The van der Waals surface area contributed by atoms with Crippen LogP contribution in [0.5, 0.6) is 5.75 Å². The van der Waals surface area contributed by atoms with Crippen LogP contribution in [-0.4, -0.2) is 75.1 Å². The first-order valence-corrected chi connectivity index (χ1v) is 19.7. The summed E-state index contributed by atoms with van der Waals surface area (Å²) in [4.78, 5) is 49.1. The molecule has 2 aromatic carbocycles. The molecule has 14 heteroatoms. The van der Waals surface area contributed by atoms with Crippen molar-refractivity contribution < 1.29 is 24.2 Å². The molecule has 0 radical (unpaired) electrons. The Morgan fingerprint density at radius 3 is 2.60 bits per heavy atom. The van der Waals surface area contributed by atoms with Gasteiger partial charge < -0.3 is 30.4 Å². The predicted molar refractivity (Wildman–Crippen MR) is 210 cm³/mol. The van der Waals surface area contributed by atoms with Crippen LogP contribution in [0, 0.1) is 10.8 Å². The minimum Gasteiger partial charge on any atom is -0.496 e. The molecular weight excluding hydrogens is 741 g/mol. The van der Waals surface area contributed by atoms with E-state index in [0.29, 0.717) is 70.2 Å². The number of aliphatic carboxylic acids is 1. The number of pyridine rings is 1. The maximum atomic E-state index is 13.8. The van der Waals surface area contributed by atoms with Gasteiger partial charge in [0.05, 0.1) is 39.6 Å². The Hall–Kier alpha value is -4.49. The van der Waals surface area contributed by atoms with Crippen molar-refractivity contribution in [1.82, 2.24) is 30.1 Å². The molecule has 4 N–H and O–H groups in total. The number of aromatic nitrogens is 3. The molecule has 3 fully saturated rings. The number of nitrogens with zero attached hydrogens (tertiary/aromatic N) is 4. The van der Waals surface area contributed by atoms with Gasteiger partial charge in [0.15, 0.2) is 5.82 Å². The van der Waals surface area contributed by atoms with Gasteiger partial charge in [-0.2, -0.15) is 0 Å². The topological polar surface area (TPSA) is 151 Å². The number of halogens is 2. The molecule has 55 heavy (non-hydrogen) atoms. The molecule has 0 spiro atoms. The lowest BCUT2D eigenvalue weighted by molar-refractivity contribution is -0.148. The van der Waals surface area contributed by atoms with E-state index >= 15 is 0 Å². The fourth-order valence-electron chi connectivity index (χ4n) is 9.35. The van der Waals surface area contributed by atoms with Gasteiger partial charge in [-0.25, -0.2) is 4.98 Å². The number of hydrogen-bond acceptors (Lipinski definition) is 8. The lowest BCUT2D eigenvalue weighted by Crippen LogP contribution is -2.39. The molecule has 2 aliphatic heterocycles. The van der Waals surface area contributed by atoms with E-state index in [1.54, 1.807) is 25.4 Å². The van der Waals surface area contributed by atoms with Crippen molar-refractivity contribution in [2.45, 2.75) is 70.5 Å². The summed E-state index contributed by atoms with van der Waals surface area (Å²) >= 11 is 14.1. The number of carbonyl (C=O) groups is 3. The number of ether oxygens (including phenoxy) is 1. The van der Waals surface area contributed by atoms with Crippen LogP contribution in [0.3, 0.4) is 0 Å². The molecule has 1 unspecified atom stereocenters. The lowest BCUT2D eigenvalue weighted by Gasteiger charge is -2.35. The van der Waals surface area contributed by atoms with Gasteiger partial charge in [0.1, 0.15) is 5.75 Å². The average molecular weight is 787 g/mol. The van der Waals surface area contributed by atoms with Gasteiger partial charge in [-0.3, -0.25) is 24.3 Å². The molecule has 1 atom stereocenters. The van der Waals surface area contributed by atoms with Crippen molar-refractivity contribution in [3.8, 4) is 28.1 Å². The van der Waals surface area contributed by atoms with E-state index in [9.17, 15) is 19.5 Å². The number of rotatable bonds is 12. The van der Waals surface area contributed by atoms with Crippen molar-refractivity contribution in [1.29, 1.82) is 0 Å². The SMILES string of the molecule is COc1cc(-c2nccc(-c3cccc(NC(=O)c4nc5c(n4C)CCN(CC46CCC(C(=O)O)(CC4)C6)C5)c3Cl)c2Cl)ccc1CNCC1CCC(=O)N1. The van der Waals surface area contributed by atoms with E-state index in [-0.39, 0.29) is 23.3 Å². The molecule has 2 bridgehead atoms. The van der Waals surface area contributed by atoms with Gasteiger partial charge in [0.25, 0.3) is 5.91 Å². The minimum absolute atomic E-state index is 0.0531. The molecule has 288 valence electrons. The molecule has 1 saturated heterocycles. The van der Waals surface area contributed by atoms with Crippen LogP contribution in [0.4, 0.5) is 5.69 Å². The Bertz CT molecular complexity index is 2180. The average Bonchev–Trinajstić information content (AvgIpc) is 3.95. The number of imidazole rings is 1. The van der Waals surface area contributed by atoms with E-state index in [1.165, 1.54) is 0 Å². The summed E-state index contributed by atoms with van der Waals surface area (Å²) < 4.78 is 7.60. The summed E-state index contributed by atoms with van der Waals surface area (Å²) in [5.74, 6) is 0.0723. The zero-order chi connectivity index (χ0) is 38.5. The van der Waals surface area contributed by atoms with Crippen LogP contribution in [0.2, 0.25) is 10.0 Å². The zero-order valence-electron chi connectivity index (χ0n) is 31.0. The number of nitrogens with one attached hydrogen (secondary N) is 3. The van der Waals surface area contributed by atoms with Gasteiger partial charge in [-0.05, 0) is 62.1 Å². The first-order chi connectivity index (χ1) is 26.5. The number of hydrogen-bond donors (Lipinski definition) is 4. The van der Waals surface area contributed by atoms with Crippen LogP contribution in [0.1, 0.15) is 72.5 Å². The fourth-order valence-corrected chi connectivity index (χ4v) is 9.94. The molecule has 2 saturated carbocycles. The number of carboxylic acids is 1. The normalized spacial score (nSPS) is 23.1. The smallest absolute Gasteiger partial charge is 0.309 e. The Morgan fingerprint density at radius 1 is 1.07 bits per heavy atom. The predicted octanol–water partition coefficient (Wildman–Crippen LogP) is 6.48. The number of benzene rings is 2. The van der Waals surface area contributed by atoms with Crippen molar-refractivity contribution >= 4 is 46.7 Å². The van der Waals surface area contributed by atoms with Crippen LogP contribution in [-0.2, 0) is 36.1 Å². The van der Waals surface area contributed by atoms with Crippen molar-refractivity contribution in [3.05, 3.63) is 81.5 Å². The third-order valence-electron chi connectivity index (χ3n) is 12.3. The number of carbonyl (C=O) groups excluding carboxylic acids is 2. The van der Waals surface area contributed by atoms with Crippen LogP contribution in [0.25, 0.3) is 22.4 Å². The van der Waals surface area contributed by atoms with Crippen LogP contribution in [0.15, 0.2) is 48.7 Å². The molecule has 4 aliphatic rings. The molecule has 4 aromatic rings. The van der Waals surface area contributed by atoms with Gasteiger partial charge in [0.2, 0.25) is 5.91 Å². The standard InChI is InChI=1S/C41H45Cl2N7O5/c1-49-31-11-17-50(23-40-12-14-41(22-40,15-13-40)39(53)54)21-30(31)47-37(49)38(52)48-29-5-3-4-27(34(29)42)28-10-16-45-36(35(28)43)24-6-7-25(32(18-24)55-2)19-44-20-26-8-9-33(51)46-26/h3-7,10,16,18,26,44H,8-9,11-15,17,19-23H2,1-2H3,(H,46,51)(H,48,52)(H,53,54). The number of amides is 2. The number of carboxylic acid groups (broad SMARTS) is 1. The highest BCUT2D eigenvalue weighted by Crippen LogP contribution is 2.62. The highest BCUT2D eigenvalue weighted by molar-refractivity contribution is 6.39. The number of anilines is 1. The maximum Gasteiger partial charge on any atom is 0.309 e. The summed E-state index contributed by atoms with van der Waals surface area (Å²) in [7, 11) is 3.49. The van der Waals surface area contributed by atoms with Crippen LogP contribution >= 0.6 is 23.2 Å². The number of fused-ring (bicyclic) bond motifs is 3. The lowest BCUT2D eigenvalue weighted by atomic mass is 9.81. The molecule has 8 rings (SSSR count). The Morgan fingerprint density at radius 2 is 1.87 bits per heavy atom. The van der Waals surface area contributed by atoms with Crippen molar-refractivity contribution in [3.63, 3.8) is 0 Å². The summed E-state index contributed by atoms with van der Waals surface area (Å²) in [6, 6.07) is 13.2. The van der Waals surface area contributed by atoms with Gasteiger partial charge in [-0.15, -0.1) is 0 Å². The zero-order valence-corrected chi connectivity index (χ0v) is 32.5. The molecule has 2 aromatic heterocycles. The van der Waals surface area contributed by atoms with E-state index in [2.05, 4.69) is 25.8 Å². The summed E-state index contributed by atoms with van der Waals surface area (Å²) in [6.07, 6.45) is 8.02. The molecular formula is C41H45Cl2N7O5. The fraction of sp³-hybridized carbons (Fsp3) is 0.439. The second-order valence-electron chi connectivity index (χ2n) is 15.7. The Balaban J connectivity index is 0.961. The second kappa shape index (κ2) is 14.9. The third kappa shape index (κ3) is 7.09. The minimum atomic E-state index is -0.645. The summed E-state index contributed by atoms with van der Waals surface area (Å²) in [5.41, 5.74) is 5.45. The highest BCUT2D eigenvalue weighted by atomic mass is 35.5. The van der Waals surface area contributed by atoms with Crippen LogP contribution < -0.4 is 20.7 Å². The monoisotopic (exact) mass is 785 g/mol. The highest BCUT2D eigenvalue weighted by Gasteiger charge is 2.58. The van der Waals surface area contributed by atoms with E-state index in [4.69, 9.17) is 32.9 Å².